The van der Waals surface area contributed by atoms with E-state index in [9.17, 15) is 4.79 Å². The van der Waals surface area contributed by atoms with Crippen molar-refractivity contribution in [1.29, 1.82) is 0 Å². The molecule has 1 aliphatic rings. The highest BCUT2D eigenvalue weighted by Crippen LogP contribution is 2.24. The van der Waals surface area contributed by atoms with Gasteiger partial charge in [-0.25, -0.2) is 4.98 Å². The third-order valence-corrected chi connectivity index (χ3v) is 5.40. The summed E-state index contributed by atoms with van der Waals surface area (Å²) in [6.07, 6.45) is 1.23. The zero-order chi connectivity index (χ0) is 17.8. The fourth-order valence-corrected chi connectivity index (χ4v) is 4.06. The summed E-state index contributed by atoms with van der Waals surface area (Å²) < 4.78 is 6.59. The lowest BCUT2D eigenvalue weighted by Crippen LogP contribution is -2.43. The van der Waals surface area contributed by atoms with Crippen LogP contribution in [-0.2, 0) is 16.0 Å². The zero-order valence-corrected chi connectivity index (χ0v) is 15.2. The first-order valence-corrected chi connectivity index (χ1v) is 9.62. The molecule has 6 heteroatoms. The van der Waals surface area contributed by atoms with E-state index in [-0.39, 0.29) is 11.9 Å². The van der Waals surface area contributed by atoms with Gasteiger partial charge >= 0.3 is 0 Å². The van der Waals surface area contributed by atoms with E-state index in [0.717, 1.165) is 29.2 Å². The molecule has 1 aromatic heterocycles. The largest absolute Gasteiger partial charge is 0.378 e. The SMILES string of the molecule is O=C(CC1COCCN1)Nc1ccc(Cc2nc3ccccc3s2)cc1. The van der Waals surface area contributed by atoms with Crippen LogP contribution >= 0.6 is 11.3 Å². The Morgan fingerprint density at radius 3 is 2.85 bits per heavy atom. The minimum absolute atomic E-state index is 0.00641. The Morgan fingerprint density at radius 1 is 1.23 bits per heavy atom. The van der Waals surface area contributed by atoms with E-state index in [0.29, 0.717) is 19.6 Å². The molecule has 0 aliphatic carbocycles. The number of fused-ring (bicyclic) bond motifs is 1. The maximum absolute atomic E-state index is 12.1. The Kier molecular flexibility index (Phi) is 5.24. The molecule has 2 heterocycles. The van der Waals surface area contributed by atoms with Crippen molar-refractivity contribution < 1.29 is 9.53 Å². The first-order valence-electron chi connectivity index (χ1n) is 8.81. The third kappa shape index (κ3) is 4.27. The summed E-state index contributed by atoms with van der Waals surface area (Å²) in [5.74, 6) is 0.00641. The Morgan fingerprint density at radius 2 is 2.08 bits per heavy atom. The van der Waals surface area contributed by atoms with Crippen LogP contribution in [0.4, 0.5) is 5.69 Å². The fraction of sp³-hybridized carbons (Fsp3) is 0.300. The van der Waals surface area contributed by atoms with Crippen LogP contribution in [0.2, 0.25) is 0 Å². The number of para-hydroxylation sites is 1. The van der Waals surface area contributed by atoms with Gasteiger partial charge in [-0.2, -0.15) is 0 Å². The summed E-state index contributed by atoms with van der Waals surface area (Å²) in [4.78, 5) is 16.8. The number of benzene rings is 2. The second-order valence-electron chi connectivity index (χ2n) is 6.43. The molecule has 1 atom stereocenters. The molecule has 134 valence electrons. The second-order valence-corrected chi connectivity index (χ2v) is 7.54. The first-order chi connectivity index (χ1) is 12.8. The van der Waals surface area contributed by atoms with Gasteiger partial charge in [-0.3, -0.25) is 4.79 Å². The number of nitrogens with zero attached hydrogens (tertiary/aromatic N) is 1. The number of hydrogen-bond donors (Lipinski definition) is 2. The molecule has 2 N–H and O–H groups in total. The monoisotopic (exact) mass is 367 g/mol. The molecule has 3 aromatic rings. The molecule has 1 saturated heterocycles. The van der Waals surface area contributed by atoms with E-state index in [4.69, 9.17) is 4.74 Å². The molecule has 0 spiro atoms. The van der Waals surface area contributed by atoms with E-state index in [2.05, 4.69) is 21.7 Å². The van der Waals surface area contributed by atoms with Gasteiger partial charge in [0.25, 0.3) is 0 Å². The predicted molar refractivity (Wildman–Crippen MR) is 105 cm³/mol. The predicted octanol–water partition coefficient (Wildman–Crippen LogP) is 3.20. The van der Waals surface area contributed by atoms with Gasteiger partial charge in [0.05, 0.1) is 28.4 Å². The molecule has 1 fully saturated rings. The molecule has 5 nitrogen and oxygen atoms in total. The molecular formula is C20H21N3O2S. The molecule has 0 radical (unpaired) electrons. The lowest BCUT2D eigenvalue weighted by molar-refractivity contribution is -0.117. The van der Waals surface area contributed by atoms with E-state index in [1.54, 1.807) is 11.3 Å². The van der Waals surface area contributed by atoms with Gasteiger partial charge in [-0.05, 0) is 29.8 Å². The van der Waals surface area contributed by atoms with Crippen LogP contribution in [0.1, 0.15) is 17.0 Å². The number of hydrogen-bond acceptors (Lipinski definition) is 5. The Balaban J connectivity index is 1.34. The van der Waals surface area contributed by atoms with E-state index < -0.39 is 0 Å². The average molecular weight is 367 g/mol. The molecular weight excluding hydrogens is 346 g/mol. The van der Waals surface area contributed by atoms with Crippen molar-refractivity contribution in [3.8, 4) is 0 Å². The Bertz CT molecular complexity index is 852. The molecule has 26 heavy (non-hydrogen) atoms. The van der Waals surface area contributed by atoms with Crippen molar-refractivity contribution in [3.05, 3.63) is 59.1 Å². The minimum atomic E-state index is 0.00641. The highest BCUT2D eigenvalue weighted by atomic mass is 32.1. The summed E-state index contributed by atoms with van der Waals surface area (Å²) in [5.41, 5.74) is 3.06. The maximum Gasteiger partial charge on any atom is 0.226 e. The number of aromatic nitrogens is 1. The number of nitrogens with one attached hydrogen (secondary N) is 2. The molecule has 1 aliphatic heterocycles. The molecule has 2 aromatic carbocycles. The third-order valence-electron chi connectivity index (χ3n) is 4.36. The summed E-state index contributed by atoms with van der Waals surface area (Å²) >= 11 is 1.73. The van der Waals surface area contributed by atoms with Gasteiger partial charge in [0.15, 0.2) is 0 Å². The number of amides is 1. The normalized spacial score (nSPS) is 17.3. The van der Waals surface area contributed by atoms with Crippen molar-refractivity contribution in [2.45, 2.75) is 18.9 Å². The van der Waals surface area contributed by atoms with Crippen LogP contribution in [-0.4, -0.2) is 36.7 Å². The molecule has 0 bridgehead atoms. The standard InChI is InChI=1S/C20H21N3O2S/c24-19(12-16-13-25-10-9-21-16)22-15-7-5-14(6-8-15)11-20-23-17-3-1-2-4-18(17)26-20/h1-8,16,21H,9-13H2,(H,22,24). The molecule has 0 saturated carbocycles. The van der Waals surface area contributed by atoms with Gasteiger partial charge in [0.2, 0.25) is 5.91 Å². The Labute approximate surface area is 156 Å². The van der Waals surface area contributed by atoms with E-state index >= 15 is 0 Å². The number of anilines is 1. The van der Waals surface area contributed by atoms with Crippen molar-refractivity contribution in [3.63, 3.8) is 0 Å². The van der Waals surface area contributed by atoms with Gasteiger partial charge in [0.1, 0.15) is 0 Å². The lowest BCUT2D eigenvalue weighted by atomic mass is 10.1. The number of thiazole rings is 1. The van der Waals surface area contributed by atoms with Gasteiger partial charge in [0, 0.05) is 31.1 Å². The zero-order valence-electron chi connectivity index (χ0n) is 14.4. The number of ether oxygens (including phenoxy) is 1. The Hall–Kier alpha value is -2.28. The van der Waals surface area contributed by atoms with Gasteiger partial charge in [-0.15, -0.1) is 11.3 Å². The van der Waals surface area contributed by atoms with Crippen molar-refractivity contribution >= 4 is 33.1 Å². The first kappa shape index (κ1) is 17.1. The smallest absolute Gasteiger partial charge is 0.226 e. The fourth-order valence-electron chi connectivity index (χ4n) is 3.06. The van der Waals surface area contributed by atoms with Gasteiger partial charge < -0.3 is 15.4 Å². The quantitative estimate of drug-likeness (QED) is 0.727. The van der Waals surface area contributed by atoms with Crippen molar-refractivity contribution in [2.75, 3.05) is 25.1 Å². The highest BCUT2D eigenvalue weighted by Gasteiger charge is 2.16. The molecule has 1 unspecified atom stereocenters. The van der Waals surface area contributed by atoms with E-state index in [1.165, 1.54) is 10.3 Å². The van der Waals surface area contributed by atoms with Crippen LogP contribution in [0.15, 0.2) is 48.5 Å². The highest BCUT2D eigenvalue weighted by molar-refractivity contribution is 7.18. The van der Waals surface area contributed by atoms with Crippen LogP contribution in [0.3, 0.4) is 0 Å². The van der Waals surface area contributed by atoms with Gasteiger partial charge in [-0.1, -0.05) is 24.3 Å². The lowest BCUT2D eigenvalue weighted by Gasteiger charge is -2.23. The second kappa shape index (κ2) is 7.95. The van der Waals surface area contributed by atoms with Crippen LogP contribution < -0.4 is 10.6 Å². The molecule has 4 rings (SSSR count). The van der Waals surface area contributed by atoms with Crippen molar-refractivity contribution in [1.82, 2.24) is 10.3 Å². The van der Waals surface area contributed by atoms with Crippen LogP contribution in [0, 0.1) is 0 Å². The number of carbonyl (C=O) groups excluding carboxylic acids is 1. The van der Waals surface area contributed by atoms with Crippen LogP contribution in [0.5, 0.6) is 0 Å². The van der Waals surface area contributed by atoms with E-state index in [1.807, 2.05) is 42.5 Å². The summed E-state index contributed by atoms with van der Waals surface area (Å²) in [5, 5.41) is 7.35. The summed E-state index contributed by atoms with van der Waals surface area (Å²) in [7, 11) is 0. The summed E-state index contributed by atoms with van der Waals surface area (Å²) in [6.45, 7) is 2.11. The summed E-state index contributed by atoms with van der Waals surface area (Å²) in [6, 6.07) is 16.3. The molecule has 1 amide bonds. The number of rotatable bonds is 5. The number of carbonyl (C=O) groups is 1. The maximum atomic E-state index is 12.1. The minimum Gasteiger partial charge on any atom is -0.378 e. The van der Waals surface area contributed by atoms with Crippen molar-refractivity contribution in [2.24, 2.45) is 0 Å². The average Bonchev–Trinajstić information content (AvgIpc) is 3.06. The topological polar surface area (TPSA) is 63.2 Å². The van der Waals surface area contributed by atoms with Crippen LogP contribution in [0.25, 0.3) is 10.2 Å². The number of morpholine rings is 1.